The largest absolute Gasteiger partial charge is 0.396 e. The number of aliphatic hydroxyl groups excluding tert-OH is 1. The Morgan fingerprint density at radius 2 is 1.95 bits per heavy atom. The molecule has 1 saturated carbocycles. The molecule has 0 amide bonds. The maximum atomic E-state index is 12.4. The Kier molecular flexibility index (Phi) is 5.82. The topological polar surface area (TPSA) is 66.4 Å². The van der Waals surface area contributed by atoms with Crippen LogP contribution in [0.15, 0.2) is 27.6 Å². The highest BCUT2D eigenvalue weighted by molar-refractivity contribution is 9.10. The average Bonchev–Trinajstić information content (AvgIpc) is 2.45. The van der Waals surface area contributed by atoms with Crippen LogP contribution in [0.3, 0.4) is 0 Å². The first-order valence-electron chi connectivity index (χ1n) is 7.30. The van der Waals surface area contributed by atoms with Crippen LogP contribution in [-0.2, 0) is 10.0 Å². The second kappa shape index (κ2) is 7.22. The summed E-state index contributed by atoms with van der Waals surface area (Å²) in [6, 6.07) is 5.20. The van der Waals surface area contributed by atoms with Crippen LogP contribution in [0.5, 0.6) is 0 Å². The van der Waals surface area contributed by atoms with E-state index in [2.05, 4.69) is 20.7 Å². The lowest BCUT2D eigenvalue weighted by molar-refractivity contribution is 0.136. The summed E-state index contributed by atoms with van der Waals surface area (Å²) in [5.41, 5.74) is 1.01. The fourth-order valence-corrected chi connectivity index (χ4v) is 5.20. The molecule has 4 nitrogen and oxygen atoms in total. The Balaban J connectivity index is 2.07. The van der Waals surface area contributed by atoms with E-state index in [0.717, 1.165) is 31.2 Å². The van der Waals surface area contributed by atoms with Crippen LogP contribution in [0.25, 0.3) is 0 Å². The predicted molar refractivity (Wildman–Crippen MR) is 86.6 cm³/mol. The van der Waals surface area contributed by atoms with Crippen molar-refractivity contribution in [2.75, 3.05) is 13.2 Å². The number of nitrogens with one attached hydrogen (secondary N) is 1. The third kappa shape index (κ3) is 4.28. The van der Waals surface area contributed by atoms with Crippen molar-refractivity contribution in [1.29, 1.82) is 0 Å². The molecule has 0 bridgehead atoms. The van der Waals surface area contributed by atoms with Crippen LogP contribution in [-0.4, -0.2) is 26.7 Å². The number of sulfonamides is 1. The van der Waals surface area contributed by atoms with Gasteiger partial charge in [0.05, 0.1) is 4.90 Å². The highest BCUT2D eigenvalue weighted by Gasteiger charge is 2.26. The summed E-state index contributed by atoms with van der Waals surface area (Å²) >= 11 is 3.32. The Morgan fingerprint density at radius 1 is 1.29 bits per heavy atom. The van der Waals surface area contributed by atoms with E-state index >= 15 is 0 Å². The van der Waals surface area contributed by atoms with E-state index in [1.54, 1.807) is 18.2 Å². The molecule has 1 aliphatic rings. The van der Waals surface area contributed by atoms with Gasteiger partial charge in [-0.2, -0.15) is 0 Å². The minimum absolute atomic E-state index is 0.140. The molecule has 0 heterocycles. The fourth-order valence-electron chi connectivity index (χ4n) is 2.91. The highest BCUT2D eigenvalue weighted by atomic mass is 79.9. The normalized spacial score (nSPS) is 23.2. The van der Waals surface area contributed by atoms with Crippen LogP contribution in [0.1, 0.15) is 31.2 Å². The van der Waals surface area contributed by atoms with Crippen molar-refractivity contribution in [2.45, 2.75) is 37.5 Å². The summed E-state index contributed by atoms with van der Waals surface area (Å²) in [7, 11) is -3.52. The Hall–Kier alpha value is -0.430. The Bertz CT molecular complexity index is 589. The molecule has 2 rings (SSSR count). The van der Waals surface area contributed by atoms with E-state index in [-0.39, 0.29) is 23.3 Å². The van der Waals surface area contributed by atoms with Gasteiger partial charge in [0.2, 0.25) is 10.0 Å². The summed E-state index contributed by atoms with van der Waals surface area (Å²) in [5, 5.41) is 9.40. The number of aryl methyl sites for hydroxylation is 1. The van der Waals surface area contributed by atoms with Gasteiger partial charge in [-0.1, -0.05) is 18.9 Å². The zero-order chi connectivity index (χ0) is 15.5. The van der Waals surface area contributed by atoms with E-state index in [0.29, 0.717) is 11.0 Å². The van der Waals surface area contributed by atoms with E-state index in [1.165, 1.54) is 0 Å². The molecule has 0 aliphatic heterocycles. The second-order valence-corrected chi connectivity index (χ2v) is 8.36. The molecule has 6 heteroatoms. The molecule has 0 aromatic heterocycles. The Labute approximate surface area is 135 Å². The van der Waals surface area contributed by atoms with Crippen LogP contribution in [0, 0.1) is 18.8 Å². The van der Waals surface area contributed by atoms with Crippen molar-refractivity contribution >= 4 is 26.0 Å². The summed E-state index contributed by atoms with van der Waals surface area (Å²) < 4.78 is 28.1. The predicted octanol–water partition coefficient (Wildman–Crippen LogP) is 2.83. The smallest absolute Gasteiger partial charge is 0.241 e. The van der Waals surface area contributed by atoms with Crippen molar-refractivity contribution in [1.82, 2.24) is 4.72 Å². The van der Waals surface area contributed by atoms with Crippen LogP contribution in [0.2, 0.25) is 0 Å². The molecule has 0 radical (unpaired) electrons. The minimum atomic E-state index is -3.52. The molecule has 1 aromatic carbocycles. The van der Waals surface area contributed by atoms with E-state index in [1.807, 2.05) is 6.92 Å². The number of hydrogen-bond acceptors (Lipinski definition) is 3. The van der Waals surface area contributed by atoms with E-state index < -0.39 is 10.0 Å². The molecule has 21 heavy (non-hydrogen) atoms. The molecule has 0 saturated heterocycles. The van der Waals surface area contributed by atoms with Gasteiger partial charge in [0.15, 0.2) is 0 Å². The fraction of sp³-hybridized carbons (Fsp3) is 0.600. The molecular weight excluding hydrogens is 354 g/mol. The summed E-state index contributed by atoms with van der Waals surface area (Å²) in [6.07, 6.45) is 4.19. The zero-order valence-corrected chi connectivity index (χ0v) is 14.6. The standard InChI is InChI=1S/C15H22BrNO3S/c1-11-6-7-15(14(16)8-11)21(19,20)17-9-12-4-2-3-5-13(12)10-18/h6-8,12-13,17-18H,2-5,9-10H2,1H3. The van der Waals surface area contributed by atoms with Crippen LogP contribution < -0.4 is 4.72 Å². The lowest BCUT2D eigenvalue weighted by Crippen LogP contribution is -2.35. The molecule has 1 fully saturated rings. The second-order valence-electron chi connectivity index (χ2n) is 5.77. The van der Waals surface area contributed by atoms with Gasteiger partial charge in [0.25, 0.3) is 0 Å². The van der Waals surface area contributed by atoms with Crippen molar-refractivity contribution in [2.24, 2.45) is 11.8 Å². The number of rotatable bonds is 5. The number of benzene rings is 1. The van der Waals surface area contributed by atoms with Gasteiger partial charge in [-0.3, -0.25) is 0 Å². The Morgan fingerprint density at radius 3 is 2.57 bits per heavy atom. The zero-order valence-electron chi connectivity index (χ0n) is 12.2. The molecule has 1 aromatic rings. The minimum Gasteiger partial charge on any atom is -0.396 e. The van der Waals surface area contributed by atoms with Crippen molar-refractivity contribution < 1.29 is 13.5 Å². The van der Waals surface area contributed by atoms with E-state index in [4.69, 9.17) is 0 Å². The molecule has 2 unspecified atom stereocenters. The first-order valence-corrected chi connectivity index (χ1v) is 9.58. The molecule has 1 aliphatic carbocycles. The maximum absolute atomic E-state index is 12.4. The summed E-state index contributed by atoms with van der Waals surface area (Å²) in [6.45, 7) is 2.46. The van der Waals surface area contributed by atoms with Crippen molar-refractivity contribution in [3.8, 4) is 0 Å². The van der Waals surface area contributed by atoms with E-state index in [9.17, 15) is 13.5 Å². The van der Waals surface area contributed by atoms with Gasteiger partial charge in [0, 0.05) is 17.6 Å². The first kappa shape index (κ1) is 16.9. The number of aliphatic hydroxyl groups is 1. The molecule has 2 N–H and O–H groups in total. The molecule has 2 atom stereocenters. The van der Waals surface area contributed by atoms with Gasteiger partial charge >= 0.3 is 0 Å². The maximum Gasteiger partial charge on any atom is 0.241 e. The summed E-state index contributed by atoms with van der Waals surface area (Å²) in [5.74, 6) is 0.436. The van der Waals surface area contributed by atoms with Gasteiger partial charge in [-0.25, -0.2) is 13.1 Å². The third-order valence-corrected chi connectivity index (χ3v) is 6.61. The van der Waals surface area contributed by atoms with Crippen molar-refractivity contribution in [3.05, 3.63) is 28.2 Å². The monoisotopic (exact) mass is 375 g/mol. The third-order valence-electron chi connectivity index (χ3n) is 4.21. The quantitative estimate of drug-likeness (QED) is 0.831. The average molecular weight is 376 g/mol. The molecule has 118 valence electrons. The SMILES string of the molecule is Cc1ccc(S(=O)(=O)NCC2CCCCC2CO)c(Br)c1. The lowest BCUT2D eigenvalue weighted by atomic mass is 9.80. The van der Waals surface area contributed by atoms with Gasteiger partial charge in [-0.15, -0.1) is 0 Å². The van der Waals surface area contributed by atoms with Gasteiger partial charge in [0.1, 0.15) is 0 Å². The number of hydrogen-bond donors (Lipinski definition) is 2. The van der Waals surface area contributed by atoms with Crippen molar-refractivity contribution in [3.63, 3.8) is 0 Å². The molecular formula is C15H22BrNO3S. The van der Waals surface area contributed by atoms with Gasteiger partial charge in [-0.05, 0) is 65.2 Å². The lowest BCUT2D eigenvalue weighted by Gasteiger charge is -2.30. The van der Waals surface area contributed by atoms with Gasteiger partial charge < -0.3 is 5.11 Å². The van der Waals surface area contributed by atoms with Crippen LogP contribution in [0.4, 0.5) is 0 Å². The highest BCUT2D eigenvalue weighted by Crippen LogP contribution is 2.30. The molecule has 0 spiro atoms. The van der Waals surface area contributed by atoms with Crippen LogP contribution >= 0.6 is 15.9 Å². The first-order chi connectivity index (χ1) is 9.94. The summed E-state index contributed by atoms with van der Waals surface area (Å²) in [4.78, 5) is 0.268. The number of halogens is 1.